The number of ether oxygens (including phenoxy) is 1. The highest BCUT2D eigenvalue weighted by molar-refractivity contribution is 6.32. The molecule has 22 heavy (non-hydrogen) atoms. The lowest BCUT2D eigenvalue weighted by atomic mass is 10.2. The third-order valence-corrected chi connectivity index (χ3v) is 3.58. The number of aromatic nitrogens is 1. The standard InChI is InChI=1S/C17H20ClN3O/c1-5-21(4)11-19-15-10-12(2)17(20-13(15)3)22-16-9-7-6-8-14(16)18/h6-11H,5H2,1-4H3. The lowest BCUT2D eigenvalue weighted by Crippen LogP contribution is -2.14. The maximum atomic E-state index is 6.12. The number of hydrogen-bond acceptors (Lipinski definition) is 3. The number of nitrogens with zero attached hydrogens (tertiary/aromatic N) is 3. The third kappa shape index (κ3) is 3.98. The molecule has 1 aromatic carbocycles. The van der Waals surface area contributed by atoms with E-state index < -0.39 is 0 Å². The fraction of sp³-hybridized carbons (Fsp3) is 0.294. The van der Waals surface area contributed by atoms with Gasteiger partial charge in [0.2, 0.25) is 5.88 Å². The van der Waals surface area contributed by atoms with Crippen molar-refractivity contribution >= 4 is 23.6 Å². The van der Waals surface area contributed by atoms with Crippen LogP contribution in [0, 0.1) is 13.8 Å². The smallest absolute Gasteiger partial charge is 0.222 e. The Balaban J connectivity index is 2.27. The second-order valence-electron chi connectivity index (χ2n) is 5.07. The second-order valence-corrected chi connectivity index (χ2v) is 5.47. The summed E-state index contributed by atoms with van der Waals surface area (Å²) in [7, 11) is 1.98. The van der Waals surface area contributed by atoms with Gasteiger partial charge in [0.05, 0.1) is 22.7 Å². The van der Waals surface area contributed by atoms with Crippen LogP contribution in [-0.4, -0.2) is 29.8 Å². The Hall–Kier alpha value is -2.07. The summed E-state index contributed by atoms with van der Waals surface area (Å²) >= 11 is 6.12. The van der Waals surface area contributed by atoms with E-state index in [2.05, 4.69) is 16.9 Å². The SMILES string of the molecule is CCN(C)C=Nc1cc(C)c(Oc2ccccc2Cl)nc1C. The zero-order valence-electron chi connectivity index (χ0n) is 13.3. The Morgan fingerprint density at radius 1 is 1.32 bits per heavy atom. The first kappa shape index (κ1) is 16.3. The Bertz CT molecular complexity index is 686. The van der Waals surface area contributed by atoms with E-state index in [0.717, 1.165) is 23.5 Å². The van der Waals surface area contributed by atoms with E-state index in [4.69, 9.17) is 16.3 Å². The molecule has 5 heteroatoms. The molecule has 0 N–H and O–H groups in total. The highest BCUT2D eigenvalue weighted by Crippen LogP contribution is 2.31. The van der Waals surface area contributed by atoms with Crippen molar-refractivity contribution < 1.29 is 4.74 Å². The first-order chi connectivity index (χ1) is 10.5. The number of rotatable bonds is 5. The first-order valence-corrected chi connectivity index (χ1v) is 7.54. The molecule has 4 nitrogen and oxygen atoms in total. The van der Waals surface area contributed by atoms with Crippen LogP contribution in [0.4, 0.5) is 5.69 Å². The van der Waals surface area contributed by atoms with Gasteiger partial charge in [0.1, 0.15) is 5.75 Å². The Kier molecular flexibility index (Phi) is 5.39. The summed E-state index contributed by atoms with van der Waals surface area (Å²) < 4.78 is 5.82. The molecule has 0 aliphatic rings. The number of benzene rings is 1. The van der Waals surface area contributed by atoms with Crippen molar-refractivity contribution in [2.75, 3.05) is 13.6 Å². The van der Waals surface area contributed by atoms with Crippen molar-refractivity contribution in [1.82, 2.24) is 9.88 Å². The minimum atomic E-state index is 0.549. The maximum absolute atomic E-state index is 6.12. The summed E-state index contributed by atoms with van der Waals surface area (Å²) in [6, 6.07) is 9.32. The summed E-state index contributed by atoms with van der Waals surface area (Å²) in [6.07, 6.45) is 1.80. The first-order valence-electron chi connectivity index (χ1n) is 7.16. The van der Waals surface area contributed by atoms with Crippen LogP contribution in [0.3, 0.4) is 0 Å². The summed E-state index contributed by atoms with van der Waals surface area (Å²) in [4.78, 5) is 11.0. The van der Waals surface area contributed by atoms with Crippen molar-refractivity contribution in [2.45, 2.75) is 20.8 Å². The lowest BCUT2D eigenvalue weighted by molar-refractivity contribution is 0.458. The highest BCUT2D eigenvalue weighted by atomic mass is 35.5. The zero-order valence-corrected chi connectivity index (χ0v) is 14.1. The number of para-hydroxylation sites is 1. The average Bonchev–Trinajstić information content (AvgIpc) is 2.51. The number of aryl methyl sites for hydroxylation is 2. The van der Waals surface area contributed by atoms with E-state index in [9.17, 15) is 0 Å². The molecule has 1 aromatic heterocycles. The summed E-state index contributed by atoms with van der Waals surface area (Å²) in [5.41, 5.74) is 2.56. The molecular weight excluding hydrogens is 298 g/mol. The van der Waals surface area contributed by atoms with Crippen LogP contribution in [0.1, 0.15) is 18.2 Å². The largest absolute Gasteiger partial charge is 0.437 e. The van der Waals surface area contributed by atoms with Gasteiger partial charge in [0.15, 0.2) is 0 Å². The highest BCUT2D eigenvalue weighted by Gasteiger charge is 2.09. The fourth-order valence-corrected chi connectivity index (χ4v) is 1.95. The van der Waals surface area contributed by atoms with Crippen molar-refractivity contribution in [3.05, 3.63) is 46.6 Å². The molecule has 1 heterocycles. The quantitative estimate of drug-likeness (QED) is 0.589. The van der Waals surface area contributed by atoms with Crippen LogP contribution >= 0.6 is 11.6 Å². The molecule has 0 bridgehead atoms. The molecule has 2 aromatic rings. The molecule has 0 spiro atoms. The second kappa shape index (κ2) is 7.27. The molecule has 0 saturated carbocycles. The van der Waals surface area contributed by atoms with Crippen molar-refractivity contribution in [3.63, 3.8) is 0 Å². The molecule has 0 radical (unpaired) electrons. The minimum Gasteiger partial charge on any atom is -0.437 e. The number of halogens is 1. The van der Waals surface area contributed by atoms with Gasteiger partial charge in [0, 0.05) is 19.2 Å². The van der Waals surface area contributed by atoms with Crippen LogP contribution in [0.5, 0.6) is 11.6 Å². The van der Waals surface area contributed by atoms with E-state index in [1.165, 1.54) is 0 Å². The van der Waals surface area contributed by atoms with Gasteiger partial charge in [-0.25, -0.2) is 9.98 Å². The number of hydrogen-bond donors (Lipinski definition) is 0. The van der Waals surface area contributed by atoms with E-state index in [-0.39, 0.29) is 0 Å². The Morgan fingerprint density at radius 3 is 2.73 bits per heavy atom. The predicted octanol–water partition coefficient (Wildman–Crippen LogP) is 4.76. The van der Waals surface area contributed by atoms with Gasteiger partial charge in [0.25, 0.3) is 0 Å². The Labute approximate surface area is 136 Å². The summed E-state index contributed by atoms with van der Waals surface area (Å²) in [5.74, 6) is 1.15. The molecule has 0 saturated heterocycles. The fourth-order valence-electron chi connectivity index (χ4n) is 1.78. The summed E-state index contributed by atoms with van der Waals surface area (Å²) in [6.45, 7) is 6.84. The van der Waals surface area contributed by atoms with E-state index in [1.807, 2.05) is 50.1 Å². The number of aliphatic imine (C=N–C) groups is 1. The van der Waals surface area contributed by atoms with Gasteiger partial charge in [-0.1, -0.05) is 23.7 Å². The molecule has 0 atom stereocenters. The van der Waals surface area contributed by atoms with E-state index in [0.29, 0.717) is 16.7 Å². The van der Waals surface area contributed by atoms with Crippen LogP contribution in [0.15, 0.2) is 35.3 Å². The lowest BCUT2D eigenvalue weighted by Gasteiger charge is -2.12. The van der Waals surface area contributed by atoms with Gasteiger partial charge >= 0.3 is 0 Å². The van der Waals surface area contributed by atoms with Gasteiger partial charge in [-0.15, -0.1) is 0 Å². The van der Waals surface area contributed by atoms with Crippen molar-refractivity contribution in [2.24, 2.45) is 4.99 Å². The predicted molar refractivity (Wildman–Crippen MR) is 91.7 cm³/mol. The summed E-state index contributed by atoms with van der Waals surface area (Å²) in [5, 5.41) is 0.563. The van der Waals surface area contributed by atoms with Crippen LogP contribution in [0.25, 0.3) is 0 Å². The molecule has 0 amide bonds. The zero-order chi connectivity index (χ0) is 16.1. The normalized spacial score (nSPS) is 11.0. The average molecular weight is 318 g/mol. The minimum absolute atomic E-state index is 0.549. The third-order valence-electron chi connectivity index (χ3n) is 3.27. The van der Waals surface area contributed by atoms with E-state index in [1.54, 1.807) is 12.4 Å². The Morgan fingerprint density at radius 2 is 2.05 bits per heavy atom. The van der Waals surface area contributed by atoms with Gasteiger partial charge in [-0.05, 0) is 39.0 Å². The van der Waals surface area contributed by atoms with E-state index >= 15 is 0 Å². The molecule has 2 rings (SSSR count). The maximum Gasteiger partial charge on any atom is 0.222 e. The molecule has 0 fully saturated rings. The molecule has 0 aliphatic heterocycles. The molecule has 0 unspecified atom stereocenters. The van der Waals surface area contributed by atoms with Crippen LogP contribution < -0.4 is 4.74 Å². The molecule has 0 aliphatic carbocycles. The van der Waals surface area contributed by atoms with Crippen molar-refractivity contribution in [3.8, 4) is 11.6 Å². The van der Waals surface area contributed by atoms with Gasteiger partial charge < -0.3 is 9.64 Å². The number of pyridine rings is 1. The van der Waals surface area contributed by atoms with Gasteiger partial charge in [-0.3, -0.25) is 0 Å². The van der Waals surface area contributed by atoms with Crippen LogP contribution in [0.2, 0.25) is 5.02 Å². The topological polar surface area (TPSA) is 37.7 Å². The monoisotopic (exact) mass is 317 g/mol. The molecular formula is C17H20ClN3O. The van der Waals surface area contributed by atoms with Crippen LogP contribution in [-0.2, 0) is 0 Å². The van der Waals surface area contributed by atoms with Gasteiger partial charge in [-0.2, -0.15) is 0 Å². The molecule has 116 valence electrons. The van der Waals surface area contributed by atoms with Crippen molar-refractivity contribution in [1.29, 1.82) is 0 Å².